The Morgan fingerprint density at radius 2 is 1.94 bits per heavy atom. The molecule has 0 radical (unpaired) electrons. The van der Waals surface area contributed by atoms with Crippen molar-refractivity contribution in [1.29, 1.82) is 0 Å². The number of halogens is 1. The van der Waals surface area contributed by atoms with Gasteiger partial charge >= 0.3 is 0 Å². The summed E-state index contributed by atoms with van der Waals surface area (Å²) in [5.41, 5.74) is 3.77. The third kappa shape index (κ3) is 3.31. The molecule has 0 aliphatic carbocycles. The molecule has 0 aliphatic rings. The van der Waals surface area contributed by atoms with Gasteiger partial charge < -0.3 is 0 Å². The van der Waals surface area contributed by atoms with Crippen LogP contribution in [0.2, 0.25) is 0 Å². The number of hydrogen-bond donors (Lipinski definition) is 0. The van der Waals surface area contributed by atoms with Crippen molar-refractivity contribution in [2.24, 2.45) is 0 Å². The standard InChI is InChI=1S/C15H16ClN/c1-12-9-10-17-11-14(12)7-8-15(16)13-5-3-2-4-6-13/h2-6,9-11,15H,7-8H2,1H3. The normalized spacial score (nSPS) is 12.4. The van der Waals surface area contributed by atoms with E-state index in [-0.39, 0.29) is 5.38 Å². The summed E-state index contributed by atoms with van der Waals surface area (Å²) in [4.78, 5) is 4.15. The van der Waals surface area contributed by atoms with Gasteiger partial charge in [-0.05, 0) is 42.5 Å². The van der Waals surface area contributed by atoms with Gasteiger partial charge in [-0.25, -0.2) is 0 Å². The molecule has 1 heterocycles. The average Bonchev–Trinajstić information content (AvgIpc) is 2.38. The number of hydrogen-bond acceptors (Lipinski definition) is 1. The Morgan fingerprint density at radius 1 is 1.18 bits per heavy atom. The van der Waals surface area contributed by atoms with Gasteiger partial charge in [-0.15, -0.1) is 11.6 Å². The average molecular weight is 246 g/mol. The lowest BCUT2D eigenvalue weighted by molar-refractivity contribution is 0.786. The molecule has 1 nitrogen and oxygen atoms in total. The highest BCUT2D eigenvalue weighted by Gasteiger charge is 2.08. The Labute approximate surface area is 107 Å². The molecule has 2 heteroatoms. The van der Waals surface area contributed by atoms with Crippen LogP contribution in [-0.4, -0.2) is 4.98 Å². The van der Waals surface area contributed by atoms with Crippen molar-refractivity contribution in [2.45, 2.75) is 25.1 Å². The lowest BCUT2D eigenvalue weighted by Gasteiger charge is -2.10. The predicted molar refractivity (Wildman–Crippen MR) is 72.3 cm³/mol. The van der Waals surface area contributed by atoms with Crippen molar-refractivity contribution < 1.29 is 0 Å². The zero-order valence-electron chi connectivity index (χ0n) is 9.94. The van der Waals surface area contributed by atoms with Crippen LogP contribution in [-0.2, 0) is 6.42 Å². The molecule has 88 valence electrons. The lowest BCUT2D eigenvalue weighted by atomic mass is 10.0. The van der Waals surface area contributed by atoms with Gasteiger partial charge in [0.2, 0.25) is 0 Å². The van der Waals surface area contributed by atoms with Gasteiger partial charge in [0.1, 0.15) is 0 Å². The minimum absolute atomic E-state index is 0.0795. The first-order valence-electron chi connectivity index (χ1n) is 5.86. The zero-order valence-corrected chi connectivity index (χ0v) is 10.7. The number of aryl methyl sites for hydroxylation is 2. The van der Waals surface area contributed by atoms with Crippen LogP contribution in [0.5, 0.6) is 0 Å². The van der Waals surface area contributed by atoms with Crippen LogP contribution >= 0.6 is 11.6 Å². The molecule has 0 spiro atoms. The molecule has 1 aromatic heterocycles. The van der Waals surface area contributed by atoms with Crippen LogP contribution < -0.4 is 0 Å². The van der Waals surface area contributed by atoms with E-state index in [2.05, 4.69) is 24.0 Å². The minimum atomic E-state index is 0.0795. The van der Waals surface area contributed by atoms with Crippen molar-refractivity contribution in [3.63, 3.8) is 0 Å². The monoisotopic (exact) mass is 245 g/mol. The Kier molecular flexibility index (Phi) is 4.16. The van der Waals surface area contributed by atoms with E-state index in [0.717, 1.165) is 12.8 Å². The second-order valence-electron chi connectivity index (χ2n) is 4.22. The van der Waals surface area contributed by atoms with Crippen LogP contribution in [0.25, 0.3) is 0 Å². The maximum atomic E-state index is 6.39. The molecule has 0 fully saturated rings. The fourth-order valence-electron chi connectivity index (χ4n) is 1.87. The second kappa shape index (κ2) is 5.83. The van der Waals surface area contributed by atoms with E-state index in [1.165, 1.54) is 16.7 Å². The van der Waals surface area contributed by atoms with Crippen LogP contribution in [0.15, 0.2) is 48.8 Å². The molecule has 0 aliphatic heterocycles. The van der Waals surface area contributed by atoms with Gasteiger partial charge in [-0.3, -0.25) is 4.98 Å². The predicted octanol–water partition coefficient (Wildman–Crippen LogP) is 4.30. The largest absolute Gasteiger partial charge is 0.264 e. The maximum absolute atomic E-state index is 6.39. The van der Waals surface area contributed by atoms with Crippen LogP contribution in [0, 0.1) is 6.92 Å². The van der Waals surface area contributed by atoms with Crippen molar-refractivity contribution in [2.75, 3.05) is 0 Å². The summed E-state index contributed by atoms with van der Waals surface area (Å²) < 4.78 is 0. The molecule has 2 aromatic rings. The highest BCUT2D eigenvalue weighted by Crippen LogP contribution is 2.25. The molecule has 1 aromatic carbocycles. The number of aromatic nitrogens is 1. The van der Waals surface area contributed by atoms with E-state index in [1.54, 1.807) is 0 Å². The zero-order chi connectivity index (χ0) is 12.1. The quantitative estimate of drug-likeness (QED) is 0.732. The lowest BCUT2D eigenvalue weighted by Crippen LogP contribution is -1.96. The number of alkyl halides is 1. The van der Waals surface area contributed by atoms with Crippen LogP contribution in [0.1, 0.15) is 28.5 Å². The molecule has 1 atom stereocenters. The fraction of sp³-hybridized carbons (Fsp3) is 0.267. The molecule has 0 N–H and O–H groups in total. The van der Waals surface area contributed by atoms with E-state index >= 15 is 0 Å². The van der Waals surface area contributed by atoms with Crippen molar-refractivity contribution in [3.05, 3.63) is 65.5 Å². The van der Waals surface area contributed by atoms with Crippen molar-refractivity contribution in [3.8, 4) is 0 Å². The minimum Gasteiger partial charge on any atom is -0.264 e. The van der Waals surface area contributed by atoms with Gasteiger partial charge in [0.05, 0.1) is 5.38 Å². The van der Waals surface area contributed by atoms with Gasteiger partial charge in [-0.2, -0.15) is 0 Å². The summed E-state index contributed by atoms with van der Waals surface area (Å²) in [6, 6.07) is 12.3. The molecular weight excluding hydrogens is 230 g/mol. The number of benzene rings is 1. The summed E-state index contributed by atoms with van der Waals surface area (Å²) >= 11 is 6.39. The topological polar surface area (TPSA) is 12.9 Å². The third-order valence-electron chi connectivity index (χ3n) is 2.98. The fourth-order valence-corrected chi connectivity index (χ4v) is 2.12. The SMILES string of the molecule is Cc1ccncc1CCC(Cl)c1ccccc1. The smallest absolute Gasteiger partial charge is 0.0588 e. The summed E-state index contributed by atoms with van der Waals surface area (Å²) in [6.45, 7) is 2.11. The highest BCUT2D eigenvalue weighted by atomic mass is 35.5. The van der Waals surface area contributed by atoms with E-state index in [9.17, 15) is 0 Å². The molecule has 0 amide bonds. The first kappa shape index (κ1) is 12.1. The second-order valence-corrected chi connectivity index (χ2v) is 4.75. The molecule has 1 unspecified atom stereocenters. The Hall–Kier alpha value is -1.34. The first-order chi connectivity index (χ1) is 8.27. The van der Waals surface area contributed by atoms with E-state index < -0.39 is 0 Å². The first-order valence-corrected chi connectivity index (χ1v) is 6.29. The third-order valence-corrected chi connectivity index (χ3v) is 3.45. The van der Waals surface area contributed by atoms with Gasteiger partial charge in [0, 0.05) is 12.4 Å². The molecule has 0 saturated carbocycles. The maximum Gasteiger partial charge on any atom is 0.0588 e. The molecular formula is C15H16ClN. The van der Waals surface area contributed by atoms with E-state index in [4.69, 9.17) is 11.6 Å². The summed E-state index contributed by atoms with van der Waals surface area (Å²) in [6.07, 6.45) is 5.68. The summed E-state index contributed by atoms with van der Waals surface area (Å²) in [5, 5.41) is 0.0795. The Morgan fingerprint density at radius 3 is 2.65 bits per heavy atom. The molecule has 0 saturated heterocycles. The molecule has 0 bridgehead atoms. The van der Waals surface area contributed by atoms with Crippen molar-refractivity contribution >= 4 is 11.6 Å². The van der Waals surface area contributed by atoms with Gasteiger partial charge in [0.15, 0.2) is 0 Å². The summed E-state index contributed by atoms with van der Waals surface area (Å²) in [7, 11) is 0. The van der Waals surface area contributed by atoms with Crippen LogP contribution in [0.3, 0.4) is 0 Å². The van der Waals surface area contributed by atoms with E-state index in [0.29, 0.717) is 0 Å². The summed E-state index contributed by atoms with van der Waals surface area (Å²) in [5.74, 6) is 0. The number of rotatable bonds is 4. The van der Waals surface area contributed by atoms with Crippen LogP contribution in [0.4, 0.5) is 0 Å². The molecule has 2 rings (SSSR count). The van der Waals surface area contributed by atoms with Crippen molar-refractivity contribution in [1.82, 2.24) is 4.98 Å². The number of pyridine rings is 1. The van der Waals surface area contributed by atoms with Gasteiger partial charge in [0.25, 0.3) is 0 Å². The van der Waals surface area contributed by atoms with Gasteiger partial charge in [-0.1, -0.05) is 30.3 Å². The Bertz CT molecular complexity index is 467. The Balaban J connectivity index is 1.97. The molecule has 17 heavy (non-hydrogen) atoms. The highest BCUT2D eigenvalue weighted by molar-refractivity contribution is 6.20. The number of nitrogens with zero attached hydrogens (tertiary/aromatic N) is 1. The van der Waals surface area contributed by atoms with E-state index in [1.807, 2.05) is 36.7 Å².